The van der Waals surface area contributed by atoms with Crippen molar-refractivity contribution in [2.45, 2.75) is 43.9 Å². The molecular weight excluding hydrogens is 282 g/mol. The smallest absolute Gasteiger partial charge is 0.261 e. The van der Waals surface area contributed by atoms with Gasteiger partial charge in [0.25, 0.3) is 5.91 Å². The second-order valence-electron chi connectivity index (χ2n) is 5.20. The van der Waals surface area contributed by atoms with Crippen LogP contribution >= 0.6 is 11.3 Å². The van der Waals surface area contributed by atoms with Crippen LogP contribution in [0.5, 0.6) is 0 Å². The van der Waals surface area contributed by atoms with Crippen LogP contribution < -0.4 is 5.32 Å². The Bertz CT molecular complexity index is 562. The first-order valence-corrected chi connectivity index (χ1v) is 9.19. The van der Waals surface area contributed by atoms with E-state index in [9.17, 15) is 13.2 Å². The van der Waals surface area contributed by atoms with Gasteiger partial charge in [-0.2, -0.15) is 0 Å². The molecule has 19 heavy (non-hydrogen) atoms. The summed E-state index contributed by atoms with van der Waals surface area (Å²) in [6, 6.07) is 3.70. The molecule has 2 atom stereocenters. The van der Waals surface area contributed by atoms with Crippen LogP contribution in [0, 0.1) is 6.92 Å². The summed E-state index contributed by atoms with van der Waals surface area (Å²) in [6.45, 7) is 1.96. The molecule has 0 saturated heterocycles. The average Bonchev–Trinajstić information content (AvgIpc) is 2.75. The number of thiophene rings is 1. The van der Waals surface area contributed by atoms with E-state index in [1.165, 1.54) is 17.6 Å². The van der Waals surface area contributed by atoms with Crippen molar-refractivity contribution in [3.63, 3.8) is 0 Å². The summed E-state index contributed by atoms with van der Waals surface area (Å²) in [7, 11) is -3.00. The van der Waals surface area contributed by atoms with E-state index in [1.807, 2.05) is 19.1 Å². The molecule has 0 aromatic carbocycles. The summed E-state index contributed by atoms with van der Waals surface area (Å²) in [5.41, 5.74) is 0. The summed E-state index contributed by atoms with van der Waals surface area (Å²) in [5, 5.41) is 2.65. The number of aryl methyl sites for hydroxylation is 1. The Kier molecular flexibility index (Phi) is 4.30. The Balaban J connectivity index is 1.98. The molecule has 0 aliphatic heterocycles. The van der Waals surface area contributed by atoms with Crippen molar-refractivity contribution in [2.75, 3.05) is 6.26 Å². The second-order valence-corrected chi connectivity index (χ2v) is 8.81. The maximum absolute atomic E-state index is 12.0. The molecule has 1 aliphatic rings. The van der Waals surface area contributed by atoms with Crippen molar-refractivity contribution < 1.29 is 13.2 Å². The lowest BCUT2D eigenvalue weighted by Gasteiger charge is -2.28. The summed E-state index contributed by atoms with van der Waals surface area (Å²) in [6.07, 6.45) is 4.25. The van der Waals surface area contributed by atoms with Crippen molar-refractivity contribution >= 4 is 27.1 Å². The van der Waals surface area contributed by atoms with Crippen LogP contribution in [0.4, 0.5) is 0 Å². The topological polar surface area (TPSA) is 63.2 Å². The number of amides is 1. The van der Waals surface area contributed by atoms with Gasteiger partial charge in [0.1, 0.15) is 9.84 Å². The van der Waals surface area contributed by atoms with E-state index in [-0.39, 0.29) is 17.2 Å². The molecule has 106 valence electrons. The fourth-order valence-electron chi connectivity index (χ4n) is 2.48. The molecule has 1 saturated carbocycles. The minimum Gasteiger partial charge on any atom is -0.349 e. The van der Waals surface area contributed by atoms with Gasteiger partial charge in [0, 0.05) is 17.2 Å². The Morgan fingerprint density at radius 3 is 2.68 bits per heavy atom. The Labute approximate surface area is 118 Å². The number of sulfone groups is 1. The minimum absolute atomic E-state index is 0.0246. The van der Waals surface area contributed by atoms with Gasteiger partial charge in [-0.15, -0.1) is 11.3 Å². The molecule has 0 bridgehead atoms. The molecular formula is C13H19NO3S2. The van der Waals surface area contributed by atoms with Gasteiger partial charge in [0.05, 0.1) is 10.1 Å². The minimum atomic E-state index is -3.00. The molecule has 0 unspecified atom stereocenters. The quantitative estimate of drug-likeness (QED) is 0.930. The summed E-state index contributed by atoms with van der Waals surface area (Å²) in [5.74, 6) is -0.0859. The van der Waals surface area contributed by atoms with Crippen molar-refractivity contribution in [1.82, 2.24) is 5.32 Å². The lowest BCUT2D eigenvalue weighted by Crippen LogP contribution is -2.41. The fraction of sp³-hybridized carbons (Fsp3) is 0.615. The normalized spacial score (nSPS) is 24.1. The predicted octanol–water partition coefficient (Wildman–Crippen LogP) is 2.14. The summed E-state index contributed by atoms with van der Waals surface area (Å²) < 4.78 is 23.2. The van der Waals surface area contributed by atoms with Gasteiger partial charge in [-0.05, 0) is 38.3 Å². The van der Waals surface area contributed by atoms with E-state index in [1.54, 1.807) is 0 Å². The van der Waals surface area contributed by atoms with Crippen LogP contribution in [0.3, 0.4) is 0 Å². The molecule has 1 amide bonds. The fourth-order valence-corrected chi connectivity index (χ4v) is 4.43. The zero-order chi connectivity index (χ0) is 14.0. The van der Waals surface area contributed by atoms with Gasteiger partial charge in [-0.1, -0.05) is 6.42 Å². The van der Waals surface area contributed by atoms with Gasteiger partial charge >= 0.3 is 0 Å². The number of carbonyl (C=O) groups excluding carboxylic acids is 1. The number of hydrogen-bond acceptors (Lipinski definition) is 4. The van der Waals surface area contributed by atoms with Crippen molar-refractivity contribution in [2.24, 2.45) is 0 Å². The van der Waals surface area contributed by atoms with E-state index in [2.05, 4.69) is 5.32 Å². The molecule has 1 aliphatic carbocycles. The molecule has 1 fully saturated rings. The third-order valence-electron chi connectivity index (χ3n) is 3.53. The summed E-state index contributed by atoms with van der Waals surface area (Å²) >= 11 is 1.46. The first kappa shape index (κ1) is 14.5. The van der Waals surface area contributed by atoms with Crippen molar-refractivity contribution in [3.8, 4) is 0 Å². The van der Waals surface area contributed by atoms with Crippen molar-refractivity contribution in [1.29, 1.82) is 0 Å². The van der Waals surface area contributed by atoms with E-state index in [0.717, 1.165) is 17.7 Å². The van der Waals surface area contributed by atoms with Gasteiger partial charge in [-0.25, -0.2) is 8.42 Å². The highest BCUT2D eigenvalue weighted by Crippen LogP contribution is 2.24. The Morgan fingerprint density at radius 2 is 2.11 bits per heavy atom. The van der Waals surface area contributed by atoms with Gasteiger partial charge < -0.3 is 5.32 Å². The Hall–Kier alpha value is -0.880. The van der Waals surface area contributed by atoms with Crippen LogP contribution in [0.25, 0.3) is 0 Å². The van der Waals surface area contributed by atoms with Gasteiger partial charge in [0.2, 0.25) is 0 Å². The summed E-state index contributed by atoms with van der Waals surface area (Å²) in [4.78, 5) is 13.8. The molecule has 4 nitrogen and oxygen atoms in total. The monoisotopic (exact) mass is 301 g/mol. The highest BCUT2D eigenvalue weighted by Gasteiger charge is 2.29. The van der Waals surface area contributed by atoms with Crippen LogP contribution in [0.2, 0.25) is 0 Å². The zero-order valence-corrected chi connectivity index (χ0v) is 12.8. The highest BCUT2D eigenvalue weighted by atomic mass is 32.2. The molecule has 0 spiro atoms. The van der Waals surface area contributed by atoms with Crippen LogP contribution in [-0.2, 0) is 9.84 Å². The molecule has 1 heterocycles. The number of rotatable bonds is 3. The standard InChI is InChI=1S/C13H19NO3S2/c1-9-6-7-12(18-9)13(15)14-10-4-3-5-11(8-10)19(2,16)17/h6-7,10-11H,3-5,8H2,1-2H3,(H,14,15)/t10-,11+/m0/s1. The zero-order valence-electron chi connectivity index (χ0n) is 11.2. The van der Waals surface area contributed by atoms with Gasteiger partial charge in [-0.3, -0.25) is 4.79 Å². The SMILES string of the molecule is Cc1ccc(C(=O)N[C@H]2CCC[C@@H](S(C)(=O)=O)C2)s1. The Morgan fingerprint density at radius 1 is 1.37 bits per heavy atom. The van der Waals surface area contributed by atoms with Gasteiger partial charge in [0.15, 0.2) is 0 Å². The molecule has 1 aromatic rings. The average molecular weight is 301 g/mol. The van der Waals surface area contributed by atoms with E-state index < -0.39 is 9.84 Å². The van der Waals surface area contributed by atoms with E-state index in [0.29, 0.717) is 17.7 Å². The first-order valence-electron chi connectivity index (χ1n) is 6.42. The molecule has 1 aromatic heterocycles. The van der Waals surface area contributed by atoms with Crippen LogP contribution in [0.1, 0.15) is 40.2 Å². The molecule has 1 N–H and O–H groups in total. The third kappa shape index (κ3) is 3.79. The maximum atomic E-state index is 12.0. The van der Waals surface area contributed by atoms with E-state index >= 15 is 0 Å². The molecule has 0 radical (unpaired) electrons. The lowest BCUT2D eigenvalue weighted by atomic mass is 9.95. The largest absolute Gasteiger partial charge is 0.349 e. The molecule has 6 heteroatoms. The second kappa shape index (κ2) is 5.63. The number of hydrogen-bond donors (Lipinski definition) is 1. The predicted molar refractivity (Wildman–Crippen MR) is 77.4 cm³/mol. The van der Waals surface area contributed by atoms with E-state index in [4.69, 9.17) is 0 Å². The lowest BCUT2D eigenvalue weighted by molar-refractivity contribution is 0.0932. The third-order valence-corrected chi connectivity index (χ3v) is 6.17. The number of carbonyl (C=O) groups is 1. The van der Waals surface area contributed by atoms with Crippen molar-refractivity contribution in [3.05, 3.63) is 21.9 Å². The number of nitrogens with one attached hydrogen (secondary N) is 1. The first-order chi connectivity index (χ1) is 8.86. The molecule has 2 rings (SSSR count). The highest BCUT2D eigenvalue weighted by molar-refractivity contribution is 7.91. The van der Waals surface area contributed by atoms with Crippen LogP contribution in [-0.4, -0.2) is 31.9 Å². The maximum Gasteiger partial charge on any atom is 0.261 e. The van der Waals surface area contributed by atoms with Crippen LogP contribution in [0.15, 0.2) is 12.1 Å².